The first kappa shape index (κ1) is 26.2. The maximum atomic E-state index is 12.3. The average molecular weight is 516 g/mol. The highest BCUT2D eigenvalue weighted by Crippen LogP contribution is 2.39. The van der Waals surface area contributed by atoms with Gasteiger partial charge in [0, 0.05) is 66.6 Å². The number of aromatic nitrogens is 3. The molecule has 192 valence electrons. The third-order valence-electron chi connectivity index (χ3n) is 6.09. The van der Waals surface area contributed by atoms with E-state index >= 15 is 0 Å². The molecule has 0 atom stereocenters. The molecule has 8 nitrogen and oxygen atoms in total. The first-order valence-electron chi connectivity index (χ1n) is 12.0. The van der Waals surface area contributed by atoms with Crippen molar-refractivity contribution in [3.63, 3.8) is 0 Å². The summed E-state index contributed by atoms with van der Waals surface area (Å²) in [5.74, 6) is 0.216. The maximum Gasteiger partial charge on any atom is 0.247 e. The monoisotopic (exact) mass is 515 g/mol. The lowest BCUT2D eigenvalue weighted by Gasteiger charge is -2.27. The summed E-state index contributed by atoms with van der Waals surface area (Å²) in [6, 6.07) is 14.2. The van der Waals surface area contributed by atoms with Crippen LogP contribution in [-0.4, -0.2) is 65.8 Å². The summed E-state index contributed by atoms with van der Waals surface area (Å²) in [7, 11) is 8.16. The highest BCUT2D eigenvalue weighted by molar-refractivity contribution is 7.98. The standard InChI is InChI=1S/C28H33N7OS/c1-7-26(36)31-23-16-19(17-25(37-6)27(23)34(4)15-14-33(2)3)30-28-29-13-12-22(32-28)21-18-35(5)24-11-9-8-10-20(21)24/h7-13,16-18H,1,14-15H2,2-6H3,(H,31,36)(H,29,30,32). The van der Waals surface area contributed by atoms with Gasteiger partial charge in [0.25, 0.3) is 0 Å². The number of aryl methyl sites for hydroxylation is 1. The van der Waals surface area contributed by atoms with Crippen LogP contribution in [0.4, 0.5) is 23.0 Å². The Morgan fingerprint density at radius 2 is 1.95 bits per heavy atom. The lowest BCUT2D eigenvalue weighted by atomic mass is 10.1. The smallest absolute Gasteiger partial charge is 0.247 e. The third-order valence-corrected chi connectivity index (χ3v) is 6.84. The predicted molar refractivity (Wildman–Crippen MR) is 156 cm³/mol. The van der Waals surface area contributed by atoms with E-state index in [2.05, 4.69) is 61.0 Å². The Morgan fingerprint density at radius 1 is 1.16 bits per heavy atom. The number of nitrogens with one attached hydrogen (secondary N) is 2. The normalized spacial score (nSPS) is 11.1. The van der Waals surface area contributed by atoms with Gasteiger partial charge < -0.3 is 25.0 Å². The van der Waals surface area contributed by atoms with Crippen LogP contribution in [-0.2, 0) is 11.8 Å². The van der Waals surface area contributed by atoms with E-state index in [9.17, 15) is 4.79 Å². The van der Waals surface area contributed by atoms with Gasteiger partial charge in [0.1, 0.15) is 0 Å². The number of carbonyl (C=O) groups excluding carboxylic acids is 1. The number of nitrogens with zero attached hydrogens (tertiary/aromatic N) is 5. The molecule has 0 saturated heterocycles. The Morgan fingerprint density at radius 3 is 2.68 bits per heavy atom. The number of likely N-dealkylation sites (N-methyl/N-ethyl adjacent to an activating group) is 2. The molecule has 2 aromatic heterocycles. The number of benzene rings is 2. The summed E-state index contributed by atoms with van der Waals surface area (Å²) >= 11 is 1.62. The van der Waals surface area contributed by atoms with Gasteiger partial charge in [-0.1, -0.05) is 24.8 Å². The minimum atomic E-state index is -0.263. The fourth-order valence-corrected chi connectivity index (χ4v) is 4.92. The second-order valence-corrected chi connectivity index (χ2v) is 9.90. The van der Waals surface area contributed by atoms with E-state index in [0.29, 0.717) is 11.6 Å². The molecule has 4 aromatic rings. The largest absolute Gasteiger partial charge is 0.371 e. The average Bonchev–Trinajstić information content (AvgIpc) is 3.23. The van der Waals surface area contributed by atoms with Crippen molar-refractivity contribution in [1.29, 1.82) is 0 Å². The molecule has 0 saturated carbocycles. The van der Waals surface area contributed by atoms with Crippen molar-refractivity contribution in [2.75, 3.05) is 56.0 Å². The molecule has 37 heavy (non-hydrogen) atoms. The van der Waals surface area contributed by atoms with Crippen molar-refractivity contribution in [1.82, 2.24) is 19.4 Å². The molecule has 0 radical (unpaired) electrons. The summed E-state index contributed by atoms with van der Waals surface area (Å²) in [5, 5.41) is 7.46. The van der Waals surface area contributed by atoms with Gasteiger partial charge in [-0.2, -0.15) is 0 Å². The zero-order chi connectivity index (χ0) is 26.5. The van der Waals surface area contributed by atoms with Gasteiger partial charge in [-0.25, -0.2) is 9.97 Å². The summed E-state index contributed by atoms with van der Waals surface area (Å²) in [4.78, 5) is 26.9. The minimum absolute atomic E-state index is 0.263. The Hall–Kier alpha value is -3.82. The number of rotatable bonds is 10. The van der Waals surface area contributed by atoms with E-state index in [-0.39, 0.29) is 5.91 Å². The molecular weight excluding hydrogens is 482 g/mol. The van der Waals surface area contributed by atoms with Crippen LogP contribution >= 0.6 is 11.8 Å². The van der Waals surface area contributed by atoms with E-state index < -0.39 is 0 Å². The Bertz CT molecular complexity index is 1430. The van der Waals surface area contributed by atoms with Gasteiger partial charge in [0.2, 0.25) is 11.9 Å². The minimum Gasteiger partial charge on any atom is -0.371 e. The molecule has 0 spiro atoms. The number of amides is 1. The number of hydrogen-bond donors (Lipinski definition) is 2. The number of para-hydroxylation sites is 1. The van der Waals surface area contributed by atoms with Crippen molar-refractivity contribution >= 4 is 51.6 Å². The lowest BCUT2D eigenvalue weighted by molar-refractivity contribution is -0.111. The Balaban J connectivity index is 1.70. The number of thioether (sulfide) groups is 1. The fourth-order valence-electron chi connectivity index (χ4n) is 4.21. The number of anilines is 4. The lowest BCUT2D eigenvalue weighted by Crippen LogP contribution is -2.29. The first-order valence-corrected chi connectivity index (χ1v) is 13.2. The van der Waals surface area contributed by atoms with Crippen molar-refractivity contribution < 1.29 is 4.79 Å². The van der Waals surface area contributed by atoms with Crippen LogP contribution in [0.3, 0.4) is 0 Å². The van der Waals surface area contributed by atoms with Crippen molar-refractivity contribution in [3.05, 3.63) is 67.5 Å². The molecule has 0 bridgehead atoms. The van der Waals surface area contributed by atoms with Crippen molar-refractivity contribution in [2.45, 2.75) is 4.90 Å². The van der Waals surface area contributed by atoms with Crippen LogP contribution in [0.15, 0.2) is 72.4 Å². The number of carbonyl (C=O) groups is 1. The predicted octanol–water partition coefficient (Wildman–Crippen LogP) is 5.22. The summed E-state index contributed by atoms with van der Waals surface area (Å²) < 4.78 is 2.10. The van der Waals surface area contributed by atoms with Crippen LogP contribution in [0.1, 0.15) is 0 Å². The summed E-state index contributed by atoms with van der Waals surface area (Å²) in [6.45, 7) is 5.30. The molecule has 4 rings (SSSR count). The molecule has 9 heteroatoms. The van der Waals surface area contributed by atoms with E-state index in [0.717, 1.165) is 51.5 Å². The van der Waals surface area contributed by atoms with Crippen LogP contribution in [0, 0.1) is 0 Å². The van der Waals surface area contributed by atoms with Gasteiger partial charge >= 0.3 is 0 Å². The quantitative estimate of drug-likeness (QED) is 0.221. The van der Waals surface area contributed by atoms with Crippen LogP contribution in [0.2, 0.25) is 0 Å². The molecular formula is C28H33N7OS. The van der Waals surface area contributed by atoms with Crippen molar-refractivity contribution in [2.24, 2.45) is 7.05 Å². The SMILES string of the molecule is C=CC(=O)Nc1cc(Nc2nccc(-c3cn(C)c4ccccc34)n2)cc(SC)c1N(C)CCN(C)C. The number of hydrogen-bond acceptors (Lipinski definition) is 7. The maximum absolute atomic E-state index is 12.3. The Kier molecular flexibility index (Phi) is 8.15. The molecule has 2 aromatic carbocycles. The molecule has 1 amide bonds. The van der Waals surface area contributed by atoms with E-state index in [1.165, 1.54) is 6.08 Å². The highest BCUT2D eigenvalue weighted by atomic mass is 32.2. The third kappa shape index (κ3) is 5.95. The number of fused-ring (bicyclic) bond motifs is 1. The van der Waals surface area contributed by atoms with E-state index in [4.69, 9.17) is 4.98 Å². The molecule has 0 aliphatic rings. The Labute approximate surface area is 222 Å². The molecule has 0 aliphatic heterocycles. The topological polar surface area (TPSA) is 78.3 Å². The van der Waals surface area contributed by atoms with Gasteiger partial charge in [0.15, 0.2) is 0 Å². The van der Waals surface area contributed by atoms with Crippen LogP contribution < -0.4 is 15.5 Å². The zero-order valence-corrected chi connectivity index (χ0v) is 22.8. The second-order valence-electron chi connectivity index (χ2n) is 9.05. The molecule has 2 N–H and O–H groups in total. The van der Waals surface area contributed by atoms with Gasteiger partial charge in [-0.3, -0.25) is 4.79 Å². The molecule has 0 fully saturated rings. The van der Waals surface area contributed by atoms with Gasteiger partial charge in [0.05, 0.1) is 17.1 Å². The van der Waals surface area contributed by atoms with Crippen LogP contribution in [0.25, 0.3) is 22.2 Å². The first-order chi connectivity index (χ1) is 17.8. The van der Waals surface area contributed by atoms with Gasteiger partial charge in [-0.05, 0) is 50.7 Å². The van der Waals surface area contributed by atoms with Gasteiger partial charge in [-0.15, -0.1) is 11.8 Å². The summed E-state index contributed by atoms with van der Waals surface area (Å²) in [5.41, 5.74) is 5.46. The molecule has 2 heterocycles. The highest BCUT2D eigenvalue weighted by Gasteiger charge is 2.17. The van der Waals surface area contributed by atoms with Crippen molar-refractivity contribution in [3.8, 4) is 11.3 Å². The molecule has 0 aliphatic carbocycles. The van der Waals surface area contributed by atoms with E-state index in [1.807, 2.05) is 58.7 Å². The molecule has 0 unspecified atom stereocenters. The zero-order valence-electron chi connectivity index (χ0n) is 21.9. The summed E-state index contributed by atoms with van der Waals surface area (Å²) in [6.07, 6.45) is 7.15. The fraction of sp³-hybridized carbons (Fsp3) is 0.250. The van der Waals surface area contributed by atoms with Crippen LogP contribution in [0.5, 0.6) is 0 Å². The van der Waals surface area contributed by atoms with E-state index in [1.54, 1.807) is 18.0 Å². The second kappa shape index (κ2) is 11.5.